The number of aromatic nitrogens is 2. The molecule has 7 heteroatoms. The Morgan fingerprint density at radius 2 is 2.04 bits per heavy atom. The summed E-state index contributed by atoms with van der Waals surface area (Å²) in [6.07, 6.45) is 1.84. The van der Waals surface area contributed by atoms with Gasteiger partial charge in [-0.05, 0) is 44.9 Å². The maximum atomic E-state index is 5.35. The summed E-state index contributed by atoms with van der Waals surface area (Å²) >= 11 is 0. The smallest absolute Gasteiger partial charge is 0.257 e. The lowest BCUT2D eigenvalue weighted by molar-refractivity contribution is 0.422. The summed E-state index contributed by atoms with van der Waals surface area (Å²) in [7, 11) is 1.77. The Bertz CT molecular complexity index is 691. The van der Waals surface area contributed by atoms with Gasteiger partial charge in [-0.25, -0.2) is 0 Å². The average molecular weight is 457 g/mol. The summed E-state index contributed by atoms with van der Waals surface area (Å²) in [5, 5.41) is 10.7. The number of halogens is 1. The van der Waals surface area contributed by atoms with Crippen LogP contribution >= 0.6 is 24.0 Å². The van der Waals surface area contributed by atoms with Crippen LogP contribution < -0.4 is 10.6 Å². The monoisotopic (exact) mass is 457 g/mol. The molecule has 1 aromatic carbocycles. The van der Waals surface area contributed by atoms with Gasteiger partial charge in [-0.2, -0.15) is 4.98 Å². The molecule has 0 bridgehead atoms. The maximum absolute atomic E-state index is 5.35. The van der Waals surface area contributed by atoms with Gasteiger partial charge in [0.1, 0.15) is 0 Å². The molecule has 2 rings (SSSR count). The average Bonchev–Trinajstić information content (AvgIpc) is 3.00. The molecule has 0 radical (unpaired) electrons. The molecule has 1 aromatic heterocycles. The predicted molar refractivity (Wildman–Crippen MR) is 112 cm³/mol. The van der Waals surface area contributed by atoms with E-state index >= 15 is 0 Å². The molecule has 2 N–H and O–H groups in total. The Labute approximate surface area is 166 Å². The molecule has 138 valence electrons. The highest BCUT2D eigenvalue weighted by Crippen LogP contribution is 2.19. The van der Waals surface area contributed by atoms with Crippen LogP contribution in [-0.2, 0) is 13.0 Å². The predicted octanol–water partition coefficient (Wildman–Crippen LogP) is 3.77. The third-order valence-corrected chi connectivity index (χ3v) is 3.29. The molecule has 1 heterocycles. The molecule has 0 spiro atoms. The lowest BCUT2D eigenvalue weighted by atomic mass is 10.1. The number of rotatable bonds is 5. The van der Waals surface area contributed by atoms with Gasteiger partial charge in [0.15, 0.2) is 11.8 Å². The molecule has 0 atom stereocenters. The van der Waals surface area contributed by atoms with Crippen molar-refractivity contribution in [2.45, 2.75) is 52.6 Å². The third-order valence-electron chi connectivity index (χ3n) is 3.29. The van der Waals surface area contributed by atoms with E-state index < -0.39 is 0 Å². The van der Waals surface area contributed by atoms with Crippen LogP contribution in [0.15, 0.2) is 33.8 Å². The molecule has 0 aliphatic heterocycles. The van der Waals surface area contributed by atoms with Crippen LogP contribution in [-0.4, -0.2) is 28.7 Å². The Morgan fingerprint density at radius 1 is 1.28 bits per heavy atom. The molecule has 0 unspecified atom stereocenters. The molecule has 0 fully saturated rings. The normalized spacial score (nSPS) is 11.8. The molecule has 6 nitrogen and oxygen atoms in total. The van der Waals surface area contributed by atoms with Gasteiger partial charge in [-0.3, -0.25) is 4.99 Å². The third kappa shape index (κ3) is 7.01. The van der Waals surface area contributed by atoms with E-state index in [1.54, 1.807) is 7.05 Å². The largest absolute Gasteiger partial charge is 0.352 e. The zero-order valence-corrected chi connectivity index (χ0v) is 17.9. The fourth-order valence-corrected chi connectivity index (χ4v) is 2.23. The molecule has 0 saturated heterocycles. The number of nitrogens with one attached hydrogen (secondary N) is 2. The van der Waals surface area contributed by atoms with Gasteiger partial charge in [0, 0.05) is 31.1 Å². The zero-order valence-electron chi connectivity index (χ0n) is 15.6. The van der Waals surface area contributed by atoms with Gasteiger partial charge < -0.3 is 15.2 Å². The van der Waals surface area contributed by atoms with Gasteiger partial charge in [0.25, 0.3) is 5.89 Å². The molecular formula is C18H28IN5O. The summed E-state index contributed by atoms with van der Waals surface area (Å²) in [6, 6.07) is 8.09. The Morgan fingerprint density at radius 3 is 2.68 bits per heavy atom. The van der Waals surface area contributed by atoms with Crippen LogP contribution in [0, 0.1) is 0 Å². The van der Waals surface area contributed by atoms with Gasteiger partial charge in [0.2, 0.25) is 0 Å². The van der Waals surface area contributed by atoms with E-state index in [-0.39, 0.29) is 29.5 Å². The minimum Gasteiger partial charge on any atom is -0.352 e. The number of hydrogen-bond acceptors (Lipinski definition) is 4. The fourth-order valence-electron chi connectivity index (χ4n) is 2.23. The highest BCUT2D eigenvalue weighted by atomic mass is 127. The van der Waals surface area contributed by atoms with E-state index in [0.717, 1.165) is 35.8 Å². The summed E-state index contributed by atoms with van der Waals surface area (Å²) in [5.41, 5.74) is 2.02. The van der Waals surface area contributed by atoms with E-state index in [9.17, 15) is 0 Å². The van der Waals surface area contributed by atoms with E-state index in [1.165, 1.54) is 0 Å². The first-order chi connectivity index (χ1) is 11.4. The van der Waals surface area contributed by atoms with E-state index in [1.807, 2.05) is 12.1 Å². The van der Waals surface area contributed by atoms with Crippen molar-refractivity contribution >= 4 is 29.9 Å². The summed E-state index contributed by atoms with van der Waals surface area (Å²) in [6.45, 7) is 9.07. The van der Waals surface area contributed by atoms with E-state index in [2.05, 4.69) is 65.6 Å². The summed E-state index contributed by atoms with van der Waals surface area (Å²) < 4.78 is 5.35. The highest BCUT2D eigenvalue weighted by molar-refractivity contribution is 14.0. The van der Waals surface area contributed by atoms with Gasteiger partial charge in [-0.15, -0.1) is 24.0 Å². The van der Waals surface area contributed by atoms with Gasteiger partial charge in [0.05, 0.1) is 0 Å². The van der Waals surface area contributed by atoms with Crippen molar-refractivity contribution in [2.75, 3.05) is 7.05 Å². The SMILES string of the molecule is CCCc1noc(-c2cccc(CNC(=NC)NC(C)(C)C)c2)n1.I. The van der Waals surface area contributed by atoms with Gasteiger partial charge >= 0.3 is 0 Å². The van der Waals surface area contributed by atoms with Crippen molar-refractivity contribution in [1.29, 1.82) is 0 Å². The van der Waals surface area contributed by atoms with Crippen LogP contribution in [0.2, 0.25) is 0 Å². The Balaban J connectivity index is 0.00000312. The maximum Gasteiger partial charge on any atom is 0.257 e. The van der Waals surface area contributed by atoms with Crippen molar-refractivity contribution in [3.63, 3.8) is 0 Å². The van der Waals surface area contributed by atoms with Crippen molar-refractivity contribution in [3.05, 3.63) is 35.7 Å². The van der Waals surface area contributed by atoms with Crippen LogP contribution in [0.1, 0.15) is 45.5 Å². The van der Waals surface area contributed by atoms with Crippen LogP contribution in [0.4, 0.5) is 0 Å². The minimum atomic E-state index is -0.0386. The lowest BCUT2D eigenvalue weighted by Crippen LogP contribution is -2.47. The van der Waals surface area contributed by atoms with Crippen molar-refractivity contribution in [1.82, 2.24) is 20.8 Å². The molecule has 0 saturated carbocycles. The first kappa shape index (κ1) is 21.4. The van der Waals surface area contributed by atoms with E-state index in [0.29, 0.717) is 12.4 Å². The molecule has 2 aromatic rings. The summed E-state index contributed by atoms with van der Waals surface area (Å²) in [5.74, 6) is 2.10. The standard InChI is InChI=1S/C18H27N5O.HI/c1-6-8-15-21-16(24-23-15)14-10-7-9-13(11-14)12-20-17(19-5)22-18(2,3)4;/h7,9-11H,6,8,12H2,1-5H3,(H2,19,20,22);1H. The second-order valence-electron chi connectivity index (χ2n) is 6.77. The topological polar surface area (TPSA) is 75.3 Å². The second-order valence-corrected chi connectivity index (χ2v) is 6.77. The highest BCUT2D eigenvalue weighted by Gasteiger charge is 2.12. The number of aliphatic imine (C=N–C) groups is 1. The van der Waals surface area contributed by atoms with Crippen molar-refractivity contribution in [3.8, 4) is 11.5 Å². The quantitative estimate of drug-likeness (QED) is 0.406. The zero-order chi connectivity index (χ0) is 17.6. The summed E-state index contributed by atoms with van der Waals surface area (Å²) in [4.78, 5) is 8.68. The van der Waals surface area contributed by atoms with Crippen LogP contribution in [0.25, 0.3) is 11.5 Å². The number of benzene rings is 1. The van der Waals surface area contributed by atoms with Crippen molar-refractivity contribution < 1.29 is 4.52 Å². The second kappa shape index (κ2) is 9.74. The number of guanidine groups is 1. The van der Waals surface area contributed by atoms with E-state index in [4.69, 9.17) is 4.52 Å². The van der Waals surface area contributed by atoms with Gasteiger partial charge in [-0.1, -0.05) is 24.2 Å². The molecule has 0 aliphatic carbocycles. The number of nitrogens with zero attached hydrogens (tertiary/aromatic N) is 3. The first-order valence-electron chi connectivity index (χ1n) is 8.32. The van der Waals surface area contributed by atoms with Crippen LogP contribution in [0.5, 0.6) is 0 Å². The lowest BCUT2D eigenvalue weighted by Gasteiger charge is -2.23. The molecular weight excluding hydrogens is 429 g/mol. The van der Waals surface area contributed by atoms with Crippen LogP contribution in [0.3, 0.4) is 0 Å². The minimum absolute atomic E-state index is 0. The fraction of sp³-hybridized carbons (Fsp3) is 0.500. The molecule has 0 amide bonds. The molecule has 0 aliphatic rings. The molecule has 25 heavy (non-hydrogen) atoms. The number of hydrogen-bond donors (Lipinski definition) is 2. The Kier molecular flexibility index (Phi) is 8.34. The van der Waals surface area contributed by atoms with Crippen molar-refractivity contribution in [2.24, 2.45) is 4.99 Å². The first-order valence-corrected chi connectivity index (χ1v) is 8.32. The number of aryl methyl sites for hydroxylation is 1. The Hall–Kier alpha value is -1.64.